The number of morpholine rings is 1. The Labute approximate surface area is 210 Å². The van der Waals surface area contributed by atoms with Crippen molar-refractivity contribution in [2.45, 2.75) is 32.2 Å². The number of likely N-dealkylation sites (N-methyl/N-ethyl adjacent to an activating group) is 1. The molecule has 1 aliphatic rings. The summed E-state index contributed by atoms with van der Waals surface area (Å²) in [7, 11) is 2.02. The summed E-state index contributed by atoms with van der Waals surface area (Å²) < 4.78 is 50.0. The molecule has 1 aliphatic heterocycles. The fourth-order valence-corrected chi connectivity index (χ4v) is 4.40. The van der Waals surface area contributed by atoms with Gasteiger partial charge in [0.15, 0.2) is 0 Å². The van der Waals surface area contributed by atoms with Gasteiger partial charge in [-0.1, -0.05) is 0 Å². The van der Waals surface area contributed by atoms with Gasteiger partial charge in [-0.15, -0.1) is 11.3 Å². The average molecular weight is 522 g/mol. The lowest BCUT2D eigenvalue weighted by atomic mass is 10.1. The summed E-state index contributed by atoms with van der Waals surface area (Å²) in [6, 6.07) is 4.54. The molecule has 8 nitrogen and oxygen atoms in total. The maximum Gasteiger partial charge on any atom is 0.451 e. The van der Waals surface area contributed by atoms with Crippen LogP contribution in [0.4, 0.5) is 13.2 Å². The van der Waals surface area contributed by atoms with Crippen molar-refractivity contribution in [3.05, 3.63) is 58.6 Å². The Balaban J connectivity index is 1.52. The van der Waals surface area contributed by atoms with E-state index in [9.17, 15) is 18.0 Å². The van der Waals surface area contributed by atoms with Crippen LogP contribution >= 0.6 is 11.3 Å². The molecule has 12 heteroatoms. The van der Waals surface area contributed by atoms with Gasteiger partial charge in [0.25, 0.3) is 5.91 Å². The first-order chi connectivity index (χ1) is 17.1. The van der Waals surface area contributed by atoms with Gasteiger partial charge < -0.3 is 19.7 Å². The van der Waals surface area contributed by atoms with Gasteiger partial charge in [-0.25, -0.2) is 15.0 Å². The zero-order chi connectivity index (χ0) is 25.9. The van der Waals surface area contributed by atoms with Crippen LogP contribution in [0.1, 0.15) is 39.6 Å². The summed E-state index contributed by atoms with van der Waals surface area (Å²) in [5.41, 5.74) is 1.40. The second-order valence-corrected chi connectivity index (χ2v) is 9.86. The molecule has 36 heavy (non-hydrogen) atoms. The smallest absolute Gasteiger partial charge is 0.451 e. The molecule has 1 N–H and O–H groups in total. The van der Waals surface area contributed by atoms with Gasteiger partial charge in [-0.05, 0) is 39.1 Å². The molecule has 1 saturated heterocycles. The van der Waals surface area contributed by atoms with Crippen molar-refractivity contribution < 1.29 is 27.4 Å². The van der Waals surface area contributed by atoms with Crippen LogP contribution in [0.5, 0.6) is 5.75 Å². The lowest BCUT2D eigenvalue weighted by molar-refractivity contribution is -0.145. The number of carbonyl (C=O) groups excluding carboxylic acids is 1. The fourth-order valence-electron chi connectivity index (χ4n) is 3.65. The van der Waals surface area contributed by atoms with Crippen molar-refractivity contribution >= 4 is 17.2 Å². The Bertz CT molecular complexity index is 1200. The highest BCUT2D eigenvalue weighted by Crippen LogP contribution is 2.30. The molecule has 0 bridgehead atoms. The second-order valence-electron chi connectivity index (χ2n) is 8.62. The number of ether oxygens (including phenoxy) is 2. The molecule has 192 valence electrons. The van der Waals surface area contributed by atoms with Crippen molar-refractivity contribution in [2.75, 3.05) is 33.4 Å². The predicted molar refractivity (Wildman–Crippen MR) is 128 cm³/mol. The highest BCUT2D eigenvalue weighted by molar-refractivity contribution is 7.14. The van der Waals surface area contributed by atoms with E-state index in [1.54, 1.807) is 25.3 Å². The van der Waals surface area contributed by atoms with E-state index in [2.05, 4.69) is 25.2 Å². The largest absolute Gasteiger partial charge is 0.491 e. The number of rotatable bonds is 7. The number of benzene rings is 1. The van der Waals surface area contributed by atoms with Crippen LogP contribution in [0.2, 0.25) is 0 Å². The van der Waals surface area contributed by atoms with E-state index in [-0.39, 0.29) is 6.10 Å². The molecule has 0 spiro atoms. The van der Waals surface area contributed by atoms with Crippen molar-refractivity contribution in [1.29, 1.82) is 0 Å². The van der Waals surface area contributed by atoms with E-state index < -0.39 is 23.9 Å². The van der Waals surface area contributed by atoms with Gasteiger partial charge in [-0.3, -0.25) is 4.79 Å². The van der Waals surface area contributed by atoms with Crippen LogP contribution in [0, 0.1) is 6.92 Å². The van der Waals surface area contributed by atoms with Crippen LogP contribution in [-0.4, -0.2) is 65.2 Å². The lowest BCUT2D eigenvalue weighted by Crippen LogP contribution is -2.42. The van der Waals surface area contributed by atoms with Crippen molar-refractivity contribution in [3.63, 3.8) is 0 Å². The third-order valence-electron chi connectivity index (χ3n) is 5.59. The molecular weight excluding hydrogens is 495 g/mol. The number of amides is 1. The van der Waals surface area contributed by atoms with E-state index in [4.69, 9.17) is 9.47 Å². The van der Waals surface area contributed by atoms with Crippen molar-refractivity contribution in [3.8, 4) is 16.3 Å². The molecule has 2 aromatic heterocycles. The molecule has 0 saturated carbocycles. The number of aromatic nitrogens is 3. The van der Waals surface area contributed by atoms with Crippen molar-refractivity contribution in [2.24, 2.45) is 0 Å². The minimum Gasteiger partial charge on any atom is -0.491 e. The summed E-state index contributed by atoms with van der Waals surface area (Å²) in [6.45, 7) is 6.15. The summed E-state index contributed by atoms with van der Waals surface area (Å²) >= 11 is 1.49. The molecule has 4 rings (SSSR count). The minimum absolute atomic E-state index is 0.0912. The number of carbonyl (C=O) groups is 1. The molecule has 0 unspecified atom stereocenters. The summed E-state index contributed by atoms with van der Waals surface area (Å²) in [5.74, 6) is -1.16. The van der Waals surface area contributed by atoms with Crippen LogP contribution in [0.15, 0.2) is 36.8 Å². The quantitative estimate of drug-likeness (QED) is 0.500. The van der Waals surface area contributed by atoms with Crippen LogP contribution in [0.3, 0.4) is 0 Å². The van der Waals surface area contributed by atoms with Crippen LogP contribution in [-0.2, 0) is 10.9 Å². The molecule has 1 amide bonds. The van der Waals surface area contributed by atoms with Gasteiger partial charge in [0.1, 0.15) is 23.5 Å². The lowest BCUT2D eigenvalue weighted by Gasteiger charge is -2.29. The van der Waals surface area contributed by atoms with Crippen molar-refractivity contribution in [1.82, 2.24) is 25.2 Å². The number of halogens is 3. The summed E-state index contributed by atoms with van der Waals surface area (Å²) in [6.07, 6.45) is -0.845. The van der Waals surface area contributed by atoms with Gasteiger partial charge in [-0.2, -0.15) is 13.2 Å². The molecule has 2 atom stereocenters. The Kier molecular flexibility index (Phi) is 7.86. The molecule has 1 aromatic carbocycles. The molecule has 1 fully saturated rings. The van der Waals surface area contributed by atoms with Gasteiger partial charge >= 0.3 is 6.18 Å². The van der Waals surface area contributed by atoms with E-state index in [0.29, 0.717) is 30.1 Å². The number of nitrogens with one attached hydrogen (secondary N) is 1. The summed E-state index contributed by atoms with van der Waals surface area (Å²) in [4.78, 5) is 27.4. The molecule has 0 radical (unpaired) electrons. The SMILES string of the molecule is Cc1cnc(-c2cc(OC[C@@H]3CN(C)CCO3)cc(C(=O)N[C@H](C)c3cnc(C(F)(F)F)nc3)c2)s1. The van der Waals surface area contributed by atoms with E-state index >= 15 is 0 Å². The third-order valence-corrected chi connectivity index (χ3v) is 6.55. The monoisotopic (exact) mass is 521 g/mol. The average Bonchev–Trinajstić information content (AvgIpc) is 3.28. The molecule has 3 heterocycles. The zero-order valence-electron chi connectivity index (χ0n) is 20.0. The molecular formula is C24H26F3N5O3S. The van der Waals surface area contributed by atoms with Crippen LogP contribution in [0.25, 0.3) is 10.6 Å². The topological polar surface area (TPSA) is 89.5 Å². The normalized spacial score (nSPS) is 17.6. The third kappa shape index (κ3) is 6.56. The molecule has 3 aromatic rings. The predicted octanol–water partition coefficient (Wildman–Crippen LogP) is 4.13. The number of hydrogen-bond acceptors (Lipinski definition) is 8. The fraction of sp³-hybridized carbons (Fsp3) is 0.417. The maximum absolute atomic E-state index is 13.1. The highest BCUT2D eigenvalue weighted by Gasteiger charge is 2.34. The summed E-state index contributed by atoms with van der Waals surface area (Å²) in [5, 5.41) is 3.53. The number of thiazole rings is 1. The Hall–Kier alpha value is -3.09. The van der Waals surface area contributed by atoms with Gasteiger partial charge in [0.2, 0.25) is 5.82 Å². The zero-order valence-corrected chi connectivity index (χ0v) is 20.8. The number of alkyl halides is 3. The first-order valence-electron chi connectivity index (χ1n) is 11.3. The Morgan fingerprint density at radius 3 is 2.64 bits per heavy atom. The minimum atomic E-state index is -4.63. The number of hydrogen-bond donors (Lipinski definition) is 1. The van der Waals surface area contributed by atoms with Crippen LogP contribution < -0.4 is 10.1 Å². The first kappa shape index (κ1) is 26.0. The Morgan fingerprint density at radius 2 is 2.00 bits per heavy atom. The number of nitrogens with zero attached hydrogens (tertiary/aromatic N) is 4. The maximum atomic E-state index is 13.1. The number of aryl methyl sites for hydroxylation is 1. The first-order valence-corrected chi connectivity index (χ1v) is 12.1. The van der Waals surface area contributed by atoms with E-state index in [0.717, 1.165) is 40.9 Å². The standard InChI is InChI=1S/C24H26F3N5O3S/c1-14-9-28-22(36-14)17-6-16(7-19(8-17)35-13-20-12-32(3)4-5-34-20)21(33)31-15(2)18-10-29-23(30-11-18)24(25,26)27/h6-11,15,20H,4-5,12-13H2,1-3H3,(H,31,33)/t15-,20+/m1/s1. The highest BCUT2D eigenvalue weighted by atomic mass is 32.1. The van der Waals surface area contributed by atoms with E-state index in [1.165, 1.54) is 11.3 Å². The van der Waals surface area contributed by atoms with E-state index in [1.807, 2.05) is 20.0 Å². The Morgan fingerprint density at radius 1 is 1.25 bits per heavy atom. The second kappa shape index (κ2) is 10.9. The van der Waals surface area contributed by atoms with Gasteiger partial charge in [0.05, 0.1) is 12.6 Å². The molecule has 0 aliphatic carbocycles. The van der Waals surface area contributed by atoms with Gasteiger partial charge in [0, 0.05) is 53.2 Å².